The molecule has 0 aromatic rings. The maximum atomic E-state index is 10.0. The summed E-state index contributed by atoms with van der Waals surface area (Å²) in [6.07, 6.45) is 16.8. The molecule has 164 valence electrons. The standard InChI is InChI=1S/C28H46O/c1-19(2)20(3)9-10-22(5)26-15-16-27-23(8-7-17-28(26,27)6)12-13-24-18-25(29)14-11-21(24)4/h12-13,19-20,22,25-27,29H,4,7-11,14-18H2,1-3,5-6H3/b23-12?,24-13-/t20-,22+,25-,26+,27?,28+/m0/s1. The first kappa shape index (κ1) is 22.9. The van der Waals surface area contributed by atoms with Crippen LogP contribution in [-0.2, 0) is 0 Å². The fourth-order valence-corrected chi connectivity index (χ4v) is 6.67. The molecule has 0 saturated heterocycles. The minimum atomic E-state index is -0.174. The Kier molecular flexibility index (Phi) is 7.52. The molecule has 1 nitrogen and oxygen atoms in total. The van der Waals surface area contributed by atoms with Crippen molar-refractivity contribution in [2.75, 3.05) is 0 Å². The lowest BCUT2D eigenvalue weighted by molar-refractivity contribution is 0.0907. The van der Waals surface area contributed by atoms with E-state index in [9.17, 15) is 5.11 Å². The lowest BCUT2D eigenvalue weighted by Gasteiger charge is -2.44. The number of hydrogen-bond donors (Lipinski definition) is 1. The smallest absolute Gasteiger partial charge is 0.0583 e. The Morgan fingerprint density at radius 3 is 2.55 bits per heavy atom. The van der Waals surface area contributed by atoms with Gasteiger partial charge in [-0.2, -0.15) is 0 Å². The van der Waals surface area contributed by atoms with E-state index in [1.807, 2.05) is 0 Å². The largest absolute Gasteiger partial charge is 0.393 e. The van der Waals surface area contributed by atoms with Gasteiger partial charge >= 0.3 is 0 Å². The van der Waals surface area contributed by atoms with Crippen LogP contribution in [0.4, 0.5) is 0 Å². The second kappa shape index (κ2) is 9.54. The van der Waals surface area contributed by atoms with Gasteiger partial charge in [-0.05, 0) is 91.9 Å². The van der Waals surface area contributed by atoms with Crippen LogP contribution in [0.1, 0.15) is 98.8 Å². The predicted molar refractivity (Wildman–Crippen MR) is 126 cm³/mol. The second-order valence-corrected chi connectivity index (χ2v) is 11.3. The van der Waals surface area contributed by atoms with Gasteiger partial charge in [0.1, 0.15) is 0 Å². The third kappa shape index (κ3) is 5.09. The normalized spacial score (nSPS) is 37.9. The monoisotopic (exact) mass is 398 g/mol. The highest BCUT2D eigenvalue weighted by molar-refractivity contribution is 5.36. The van der Waals surface area contributed by atoms with E-state index in [0.717, 1.165) is 48.9 Å². The molecule has 0 aromatic heterocycles. The van der Waals surface area contributed by atoms with Gasteiger partial charge < -0.3 is 5.11 Å². The van der Waals surface area contributed by atoms with Crippen molar-refractivity contribution in [3.63, 3.8) is 0 Å². The van der Waals surface area contributed by atoms with E-state index in [4.69, 9.17) is 0 Å². The van der Waals surface area contributed by atoms with E-state index in [-0.39, 0.29) is 6.10 Å². The van der Waals surface area contributed by atoms with Gasteiger partial charge in [-0.25, -0.2) is 0 Å². The summed E-state index contributed by atoms with van der Waals surface area (Å²) in [4.78, 5) is 0. The third-order valence-corrected chi connectivity index (χ3v) is 9.13. The van der Waals surface area contributed by atoms with Crippen LogP contribution in [0.3, 0.4) is 0 Å². The fourth-order valence-electron chi connectivity index (χ4n) is 6.67. The molecular formula is C28H46O. The average molecular weight is 399 g/mol. The van der Waals surface area contributed by atoms with Gasteiger partial charge in [0.15, 0.2) is 0 Å². The Bertz CT molecular complexity index is 639. The SMILES string of the molecule is C=C1CC[C@H](O)C/C1=C/C=C1CCC[C@@]2(C)C1CC[C@@H]2[C@H](C)CC[C@H](C)C(C)C. The average Bonchev–Trinajstić information content (AvgIpc) is 3.04. The van der Waals surface area contributed by atoms with Crippen molar-refractivity contribution >= 4 is 0 Å². The van der Waals surface area contributed by atoms with Gasteiger partial charge in [0.25, 0.3) is 0 Å². The minimum absolute atomic E-state index is 0.174. The van der Waals surface area contributed by atoms with E-state index in [1.54, 1.807) is 5.57 Å². The number of aliphatic hydroxyl groups excluding tert-OH is 1. The zero-order valence-corrected chi connectivity index (χ0v) is 19.8. The molecule has 1 heteroatoms. The molecule has 1 N–H and O–H groups in total. The minimum Gasteiger partial charge on any atom is -0.393 e. The van der Waals surface area contributed by atoms with Gasteiger partial charge in [-0.3, -0.25) is 0 Å². The number of fused-ring (bicyclic) bond motifs is 1. The van der Waals surface area contributed by atoms with Crippen LogP contribution in [0.25, 0.3) is 0 Å². The molecule has 3 aliphatic carbocycles. The number of allylic oxidation sites excluding steroid dienone is 4. The van der Waals surface area contributed by atoms with Crippen molar-refractivity contribution in [3.05, 3.63) is 35.5 Å². The third-order valence-electron chi connectivity index (χ3n) is 9.13. The van der Waals surface area contributed by atoms with Crippen molar-refractivity contribution in [2.45, 2.75) is 105 Å². The highest BCUT2D eigenvalue weighted by Gasteiger charge is 2.50. The van der Waals surface area contributed by atoms with Crippen molar-refractivity contribution in [1.29, 1.82) is 0 Å². The van der Waals surface area contributed by atoms with Crippen LogP contribution in [0.15, 0.2) is 35.5 Å². The molecule has 0 heterocycles. The molecule has 29 heavy (non-hydrogen) atoms. The van der Waals surface area contributed by atoms with Crippen molar-refractivity contribution in [3.8, 4) is 0 Å². The maximum Gasteiger partial charge on any atom is 0.0583 e. The zero-order chi connectivity index (χ0) is 21.2. The second-order valence-electron chi connectivity index (χ2n) is 11.3. The van der Waals surface area contributed by atoms with Gasteiger partial charge in [0, 0.05) is 0 Å². The number of rotatable bonds is 6. The molecule has 3 fully saturated rings. The summed E-state index contributed by atoms with van der Waals surface area (Å²) in [6.45, 7) is 16.6. The van der Waals surface area contributed by atoms with Crippen LogP contribution in [-0.4, -0.2) is 11.2 Å². The van der Waals surface area contributed by atoms with Crippen LogP contribution in [0, 0.1) is 35.0 Å². The molecule has 6 atom stereocenters. The Hall–Kier alpha value is -0.820. The number of hydrogen-bond acceptors (Lipinski definition) is 1. The van der Waals surface area contributed by atoms with Crippen LogP contribution < -0.4 is 0 Å². The van der Waals surface area contributed by atoms with E-state index < -0.39 is 0 Å². The molecular weight excluding hydrogens is 352 g/mol. The molecule has 0 spiro atoms. The molecule has 3 rings (SSSR count). The zero-order valence-electron chi connectivity index (χ0n) is 19.8. The van der Waals surface area contributed by atoms with E-state index in [2.05, 4.69) is 53.3 Å². The van der Waals surface area contributed by atoms with Gasteiger partial charge in [0.05, 0.1) is 6.10 Å². The molecule has 0 amide bonds. The maximum absolute atomic E-state index is 10.0. The summed E-state index contributed by atoms with van der Waals surface area (Å²) in [5.41, 5.74) is 4.70. The summed E-state index contributed by atoms with van der Waals surface area (Å²) >= 11 is 0. The van der Waals surface area contributed by atoms with Crippen molar-refractivity contribution < 1.29 is 5.11 Å². The summed E-state index contributed by atoms with van der Waals surface area (Å²) in [7, 11) is 0. The Morgan fingerprint density at radius 2 is 1.83 bits per heavy atom. The lowest BCUT2D eigenvalue weighted by Crippen LogP contribution is -2.36. The quantitative estimate of drug-likeness (QED) is 0.482. The summed E-state index contributed by atoms with van der Waals surface area (Å²) in [5, 5.41) is 10.0. The lowest BCUT2D eigenvalue weighted by atomic mass is 9.60. The highest BCUT2D eigenvalue weighted by atomic mass is 16.3. The first-order valence-corrected chi connectivity index (χ1v) is 12.5. The predicted octanol–water partition coefficient (Wildman–Crippen LogP) is 7.87. The van der Waals surface area contributed by atoms with Gasteiger partial charge in [-0.15, -0.1) is 0 Å². The molecule has 0 bridgehead atoms. The van der Waals surface area contributed by atoms with E-state index in [0.29, 0.717) is 5.41 Å². The number of aliphatic hydroxyl groups is 1. The first-order valence-electron chi connectivity index (χ1n) is 12.5. The molecule has 0 aliphatic heterocycles. The van der Waals surface area contributed by atoms with Crippen LogP contribution >= 0.6 is 0 Å². The molecule has 0 aromatic carbocycles. The van der Waals surface area contributed by atoms with E-state index in [1.165, 1.54) is 56.1 Å². The first-order chi connectivity index (χ1) is 13.7. The van der Waals surface area contributed by atoms with Crippen LogP contribution in [0.5, 0.6) is 0 Å². The van der Waals surface area contributed by atoms with Gasteiger partial charge in [-0.1, -0.05) is 77.3 Å². The van der Waals surface area contributed by atoms with Crippen LogP contribution in [0.2, 0.25) is 0 Å². The summed E-state index contributed by atoms with van der Waals surface area (Å²) < 4.78 is 0. The highest BCUT2D eigenvalue weighted by Crippen LogP contribution is 2.60. The summed E-state index contributed by atoms with van der Waals surface area (Å²) in [6, 6.07) is 0. The van der Waals surface area contributed by atoms with E-state index >= 15 is 0 Å². The Morgan fingerprint density at radius 1 is 1.07 bits per heavy atom. The Labute approximate surface area is 180 Å². The summed E-state index contributed by atoms with van der Waals surface area (Å²) in [5.74, 6) is 4.14. The fraction of sp³-hybridized carbons (Fsp3) is 0.786. The molecule has 3 aliphatic rings. The van der Waals surface area contributed by atoms with Crippen molar-refractivity contribution in [2.24, 2.45) is 35.0 Å². The molecule has 1 unspecified atom stereocenters. The Balaban J connectivity index is 1.70. The molecule has 0 radical (unpaired) electrons. The van der Waals surface area contributed by atoms with Gasteiger partial charge in [0.2, 0.25) is 0 Å². The van der Waals surface area contributed by atoms with Crippen molar-refractivity contribution in [1.82, 2.24) is 0 Å². The topological polar surface area (TPSA) is 20.2 Å². The molecule has 3 saturated carbocycles.